The summed E-state index contributed by atoms with van der Waals surface area (Å²) >= 11 is 0. The molecule has 2 aromatic carbocycles. The lowest BCUT2D eigenvalue weighted by Gasteiger charge is -2.30. The lowest BCUT2D eigenvalue weighted by molar-refractivity contribution is -0.237. The quantitative estimate of drug-likeness (QED) is 0.655. The van der Waals surface area contributed by atoms with Crippen molar-refractivity contribution in [2.75, 3.05) is 13.7 Å². The van der Waals surface area contributed by atoms with Crippen LogP contribution in [0.3, 0.4) is 0 Å². The van der Waals surface area contributed by atoms with Gasteiger partial charge in [0.15, 0.2) is 12.1 Å². The third-order valence-corrected chi connectivity index (χ3v) is 5.48. The molecule has 0 saturated carbocycles. The van der Waals surface area contributed by atoms with Gasteiger partial charge in [-0.1, -0.05) is 42.5 Å². The Labute approximate surface area is 182 Å². The second-order valence-electron chi connectivity index (χ2n) is 8.21. The number of rotatable bonds is 9. The van der Waals surface area contributed by atoms with Crippen molar-refractivity contribution >= 4 is 0 Å². The summed E-state index contributed by atoms with van der Waals surface area (Å²) in [5, 5.41) is 10.0. The third kappa shape index (κ3) is 5.26. The van der Waals surface area contributed by atoms with Gasteiger partial charge in [-0.05, 0) is 37.1 Å². The van der Waals surface area contributed by atoms with E-state index in [9.17, 15) is 5.11 Å². The van der Waals surface area contributed by atoms with Crippen molar-refractivity contribution in [3.8, 4) is 5.75 Å². The first-order valence-corrected chi connectivity index (χ1v) is 10.5. The van der Waals surface area contributed by atoms with Crippen molar-refractivity contribution in [1.82, 2.24) is 0 Å². The summed E-state index contributed by atoms with van der Waals surface area (Å²) < 4.78 is 35.6. The Kier molecular flexibility index (Phi) is 6.91. The van der Waals surface area contributed by atoms with Gasteiger partial charge in [-0.2, -0.15) is 0 Å². The van der Waals surface area contributed by atoms with Gasteiger partial charge in [0.1, 0.15) is 30.2 Å². The minimum Gasteiger partial charge on any atom is -0.497 e. The number of fused-ring (bicyclic) bond motifs is 1. The molecule has 2 aliphatic rings. The molecule has 4 rings (SSSR count). The van der Waals surface area contributed by atoms with Gasteiger partial charge in [0.25, 0.3) is 0 Å². The zero-order chi connectivity index (χ0) is 21.8. The van der Waals surface area contributed by atoms with E-state index >= 15 is 0 Å². The summed E-state index contributed by atoms with van der Waals surface area (Å²) in [6, 6.07) is 17.5. The van der Waals surface area contributed by atoms with E-state index in [2.05, 4.69) is 0 Å². The number of methoxy groups -OCH3 is 1. The number of ether oxygens (including phenoxy) is 6. The fraction of sp³-hybridized carbons (Fsp3) is 0.500. The molecule has 1 N–H and O–H groups in total. The average molecular weight is 430 g/mol. The maximum atomic E-state index is 10.0. The maximum absolute atomic E-state index is 10.0. The third-order valence-electron chi connectivity index (χ3n) is 5.48. The van der Waals surface area contributed by atoms with Crippen LogP contribution in [0.5, 0.6) is 5.75 Å². The van der Waals surface area contributed by atoms with Crippen LogP contribution in [0.15, 0.2) is 54.6 Å². The lowest BCUT2D eigenvalue weighted by atomic mass is 10.1. The molecule has 0 bridgehead atoms. The standard InChI is InChI=1S/C24H30O7/c1-24(2)30-22-21(28-15-17-9-11-18(26-3)12-10-17)20(29-23(22)31-24)19(13-25)27-14-16-7-5-4-6-8-16/h4-12,19-23,25H,13-15H2,1-3H3/t19-,20-,21?,22?,23?/m1/s1. The van der Waals surface area contributed by atoms with E-state index in [1.165, 1.54) is 0 Å². The Morgan fingerprint density at radius 2 is 1.68 bits per heavy atom. The van der Waals surface area contributed by atoms with Crippen molar-refractivity contribution in [1.29, 1.82) is 0 Å². The Balaban J connectivity index is 1.46. The number of hydrogen-bond donors (Lipinski definition) is 1. The van der Waals surface area contributed by atoms with E-state index in [1.54, 1.807) is 7.11 Å². The van der Waals surface area contributed by atoms with Crippen molar-refractivity contribution in [3.05, 3.63) is 65.7 Å². The second kappa shape index (κ2) is 9.65. The highest BCUT2D eigenvalue weighted by atomic mass is 16.8. The van der Waals surface area contributed by atoms with Crippen molar-refractivity contribution in [3.63, 3.8) is 0 Å². The fourth-order valence-electron chi connectivity index (χ4n) is 3.94. The van der Waals surface area contributed by atoms with Gasteiger partial charge < -0.3 is 33.5 Å². The van der Waals surface area contributed by atoms with E-state index in [0.29, 0.717) is 13.2 Å². The van der Waals surface area contributed by atoms with E-state index in [1.807, 2.05) is 68.4 Å². The highest BCUT2D eigenvalue weighted by Gasteiger charge is 2.57. The molecule has 0 aliphatic carbocycles. The van der Waals surface area contributed by atoms with Gasteiger partial charge in [-0.25, -0.2) is 0 Å². The minimum atomic E-state index is -0.762. The second-order valence-corrected chi connectivity index (χ2v) is 8.21. The molecule has 168 valence electrons. The predicted molar refractivity (Wildman–Crippen MR) is 112 cm³/mol. The lowest BCUT2D eigenvalue weighted by Crippen LogP contribution is -2.45. The van der Waals surface area contributed by atoms with Gasteiger partial charge in [0.2, 0.25) is 0 Å². The fourth-order valence-corrected chi connectivity index (χ4v) is 3.94. The van der Waals surface area contributed by atoms with Crippen molar-refractivity contribution < 1.29 is 33.5 Å². The smallest absolute Gasteiger partial charge is 0.190 e. The summed E-state index contributed by atoms with van der Waals surface area (Å²) in [6.45, 7) is 4.21. The Bertz CT molecular complexity index is 824. The van der Waals surface area contributed by atoms with E-state index in [-0.39, 0.29) is 6.61 Å². The molecule has 2 heterocycles. The zero-order valence-electron chi connectivity index (χ0n) is 18.1. The minimum absolute atomic E-state index is 0.206. The molecule has 0 aromatic heterocycles. The Morgan fingerprint density at radius 1 is 0.968 bits per heavy atom. The molecule has 2 saturated heterocycles. The molecule has 0 spiro atoms. The molecule has 0 radical (unpaired) electrons. The first-order chi connectivity index (χ1) is 15.0. The molecular weight excluding hydrogens is 400 g/mol. The summed E-state index contributed by atoms with van der Waals surface area (Å²) in [7, 11) is 1.63. The van der Waals surface area contributed by atoms with Crippen LogP contribution in [-0.2, 0) is 36.9 Å². The van der Waals surface area contributed by atoms with Crippen LogP contribution in [0.2, 0.25) is 0 Å². The highest BCUT2D eigenvalue weighted by molar-refractivity contribution is 5.26. The van der Waals surface area contributed by atoms with E-state index in [4.69, 9.17) is 28.4 Å². The molecular formula is C24H30O7. The van der Waals surface area contributed by atoms with Crippen LogP contribution < -0.4 is 4.74 Å². The van der Waals surface area contributed by atoms with Crippen LogP contribution in [0.1, 0.15) is 25.0 Å². The number of aliphatic hydroxyl groups is 1. The van der Waals surface area contributed by atoms with Crippen LogP contribution in [-0.4, -0.2) is 55.3 Å². The molecule has 2 aromatic rings. The monoisotopic (exact) mass is 430 g/mol. The SMILES string of the molecule is COc1ccc(COC2C3OC(C)(C)OC3O[C@@H]2[C@@H](CO)OCc2ccccc2)cc1. The van der Waals surface area contributed by atoms with Crippen molar-refractivity contribution in [2.45, 2.75) is 63.6 Å². The van der Waals surface area contributed by atoms with Gasteiger partial charge >= 0.3 is 0 Å². The molecule has 5 atom stereocenters. The Hall–Kier alpha value is -2.00. The zero-order valence-corrected chi connectivity index (χ0v) is 18.1. The van der Waals surface area contributed by atoms with E-state index < -0.39 is 36.5 Å². The van der Waals surface area contributed by atoms with Crippen LogP contribution in [0.4, 0.5) is 0 Å². The van der Waals surface area contributed by atoms with Crippen LogP contribution in [0, 0.1) is 0 Å². The van der Waals surface area contributed by atoms with Crippen molar-refractivity contribution in [2.24, 2.45) is 0 Å². The summed E-state index contributed by atoms with van der Waals surface area (Å²) in [5.41, 5.74) is 2.01. The molecule has 3 unspecified atom stereocenters. The topological polar surface area (TPSA) is 75.6 Å². The summed E-state index contributed by atoms with van der Waals surface area (Å²) in [4.78, 5) is 0. The molecule has 7 heteroatoms. The highest BCUT2D eigenvalue weighted by Crippen LogP contribution is 2.40. The molecule has 2 fully saturated rings. The Morgan fingerprint density at radius 3 is 2.35 bits per heavy atom. The largest absolute Gasteiger partial charge is 0.497 e. The van der Waals surface area contributed by atoms with Gasteiger partial charge in [-0.15, -0.1) is 0 Å². The van der Waals surface area contributed by atoms with Gasteiger partial charge in [-0.3, -0.25) is 0 Å². The molecule has 7 nitrogen and oxygen atoms in total. The average Bonchev–Trinajstić information content (AvgIpc) is 3.25. The maximum Gasteiger partial charge on any atom is 0.190 e. The predicted octanol–water partition coefficient (Wildman–Crippen LogP) is 3.03. The number of hydrogen-bond acceptors (Lipinski definition) is 7. The first-order valence-electron chi connectivity index (χ1n) is 10.5. The number of aliphatic hydroxyl groups excluding tert-OH is 1. The van der Waals surface area contributed by atoms with Crippen LogP contribution >= 0.6 is 0 Å². The van der Waals surface area contributed by atoms with Gasteiger partial charge in [0.05, 0.1) is 26.9 Å². The first kappa shape index (κ1) is 22.2. The molecule has 31 heavy (non-hydrogen) atoms. The summed E-state index contributed by atoms with van der Waals surface area (Å²) in [6.07, 6.45) is -2.55. The van der Waals surface area contributed by atoms with Gasteiger partial charge in [0, 0.05) is 0 Å². The molecule has 0 amide bonds. The number of benzene rings is 2. The van der Waals surface area contributed by atoms with Crippen LogP contribution in [0.25, 0.3) is 0 Å². The molecule has 2 aliphatic heterocycles. The normalized spacial score (nSPS) is 27.7. The summed E-state index contributed by atoms with van der Waals surface area (Å²) in [5.74, 6) is 0.0246. The van der Waals surface area contributed by atoms with E-state index in [0.717, 1.165) is 16.9 Å².